The van der Waals surface area contributed by atoms with Crippen molar-refractivity contribution in [3.8, 4) is 0 Å². The Balaban J connectivity index is -0.000000309. The largest absolute Gasteiger partial charge is 1.00 e. The molecule has 0 aromatic rings. The second-order valence-corrected chi connectivity index (χ2v) is 3.27. The number of hydrogen-bond donors (Lipinski definition) is 0. The van der Waals surface area contributed by atoms with E-state index in [1.165, 1.54) is 0 Å². The Morgan fingerprint density at radius 1 is 1.31 bits per heavy atom. The molecule has 0 heterocycles. The molecule has 13 heavy (non-hydrogen) atoms. The third-order valence-electron chi connectivity index (χ3n) is 1.37. The van der Waals surface area contributed by atoms with E-state index >= 15 is 0 Å². The number of nitrogens with one attached hydrogen (secondary N) is 1. The number of quaternary nitrogens is 1. The number of carbonyl (C=O) groups excluding carboxylic acids is 1. The molecule has 0 radical (unpaired) electrons. The summed E-state index contributed by atoms with van der Waals surface area (Å²) in [4.78, 5) is 10.7. The van der Waals surface area contributed by atoms with Crippen molar-refractivity contribution in [2.24, 2.45) is 0 Å². The molecule has 0 amide bonds. The number of hydrogen-bond acceptors (Lipinski definition) is 1. The second-order valence-electron chi connectivity index (χ2n) is 3.27. The number of rotatable bonds is 4. The predicted octanol–water partition coefficient (Wildman–Crippen LogP) is -1.27. The van der Waals surface area contributed by atoms with Gasteiger partial charge in [-0.25, -0.2) is 0 Å². The molecule has 4 heteroatoms. The Bertz CT molecular complexity index is 127. The molecule has 0 spiro atoms. The van der Waals surface area contributed by atoms with Gasteiger partial charge in [-0.1, -0.05) is 13.8 Å². The van der Waals surface area contributed by atoms with E-state index in [0.29, 0.717) is 17.6 Å². The van der Waals surface area contributed by atoms with Crippen molar-refractivity contribution in [2.45, 2.75) is 20.8 Å². The van der Waals surface area contributed by atoms with Gasteiger partial charge >= 0.3 is 51.4 Å². The number of nitrogens with zero attached hydrogens (tertiary/aromatic N) is 1. The molecule has 0 aromatic carbocycles. The molecule has 0 aliphatic heterocycles. The van der Waals surface area contributed by atoms with Gasteiger partial charge in [0.15, 0.2) is 5.78 Å². The molecule has 0 aliphatic carbocycles. The first kappa shape index (κ1) is 19.7. The maximum atomic E-state index is 10.7. The van der Waals surface area contributed by atoms with E-state index in [1.807, 2.05) is 27.9 Å². The van der Waals surface area contributed by atoms with Crippen LogP contribution in [-0.2, 0) is 4.79 Å². The number of likely N-dealkylation sites (N-methyl/N-ethyl adjacent to an activating group) is 1. The summed E-state index contributed by atoms with van der Waals surface area (Å²) in [6.07, 6.45) is 0. The van der Waals surface area contributed by atoms with Crippen molar-refractivity contribution in [3.63, 3.8) is 0 Å². The van der Waals surface area contributed by atoms with Crippen LogP contribution >= 0.6 is 0 Å². The summed E-state index contributed by atoms with van der Waals surface area (Å²) in [5, 5.41) is 0. The van der Waals surface area contributed by atoms with E-state index in [0.717, 1.165) is 6.54 Å². The molecule has 0 rings (SSSR count). The average Bonchev–Trinajstić information content (AvgIpc) is 1.88. The third kappa shape index (κ3) is 15.9. The topological polar surface area (TPSA) is 40.9 Å². The minimum atomic E-state index is 0. The van der Waals surface area contributed by atoms with Crippen molar-refractivity contribution in [1.29, 1.82) is 0 Å². The minimum absolute atomic E-state index is 0. The summed E-state index contributed by atoms with van der Waals surface area (Å²) >= 11 is 0. The van der Waals surface area contributed by atoms with Gasteiger partial charge in [-0.3, -0.25) is 4.79 Å². The van der Waals surface area contributed by atoms with Gasteiger partial charge in [0.05, 0.1) is 20.6 Å². The van der Waals surface area contributed by atoms with Gasteiger partial charge in [-0.2, -0.15) is 0 Å². The van der Waals surface area contributed by atoms with Crippen LogP contribution < -0.4 is 51.4 Å². The van der Waals surface area contributed by atoms with Crippen LogP contribution in [0.15, 0.2) is 0 Å². The zero-order valence-electron chi connectivity index (χ0n) is 9.98. The monoisotopic (exact) mass is 213 g/mol. The Labute approximate surface area is 125 Å². The van der Waals surface area contributed by atoms with Crippen molar-refractivity contribution in [3.05, 3.63) is 5.73 Å². The van der Waals surface area contributed by atoms with Crippen LogP contribution in [0.1, 0.15) is 20.8 Å². The van der Waals surface area contributed by atoms with Gasteiger partial charge in [-0.15, -0.1) is 6.54 Å². The van der Waals surface area contributed by atoms with Gasteiger partial charge < -0.3 is 10.2 Å². The van der Waals surface area contributed by atoms with Crippen LogP contribution in [-0.4, -0.2) is 44.0 Å². The van der Waals surface area contributed by atoms with E-state index in [4.69, 9.17) is 5.73 Å². The normalized spacial score (nSPS) is 9.38. The van der Waals surface area contributed by atoms with Crippen LogP contribution in [0.2, 0.25) is 0 Å². The smallest absolute Gasteiger partial charge is 0.673 e. The Morgan fingerprint density at radius 3 is 1.92 bits per heavy atom. The fraction of sp³-hybridized carbons (Fsp3) is 0.889. The summed E-state index contributed by atoms with van der Waals surface area (Å²) in [6.45, 7) is 7.27. The number of Topliss-reactive ketones (excluding diaryl/α,β-unsaturated/α-hetero) is 1. The van der Waals surface area contributed by atoms with E-state index < -0.39 is 0 Å². The fourth-order valence-corrected chi connectivity index (χ4v) is 0.984. The van der Waals surface area contributed by atoms with Gasteiger partial charge in [-0.05, 0) is 0 Å². The Hall–Kier alpha value is 1.23. The summed E-state index contributed by atoms with van der Waals surface area (Å²) in [5.74, 6) is 0.193. The zero-order valence-corrected chi connectivity index (χ0v) is 13.1. The van der Waals surface area contributed by atoms with Crippen LogP contribution in [0.5, 0.6) is 0 Å². The zero-order chi connectivity index (χ0) is 10.2. The van der Waals surface area contributed by atoms with Crippen LogP contribution in [0, 0.1) is 0 Å². The Kier molecular flexibility index (Phi) is 17.2. The molecule has 74 valence electrons. The molecule has 0 atom stereocenters. The summed E-state index contributed by atoms with van der Waals surface area (Å²) in [7, 11) is 3.94. The maximum Gasteiger partial charge on any atom is 1.00 e. The second kappa shape index (κ2) is 11.3. The van der Waals surface area contributed by atoms with Crippen LogP contribution in [0.4, 0.5) is 0 Å². The van der Waals surface area contributed by atoms with Crippen LogP contribution in [0.3, 0.4) is 0 Å². The molecular formula is C9H22KN2O+. The SMILES string of the molecule is CC.CC(=O)C[N+](C)(C)CC[NH-].[K+]. The molecular weight excluding hydrogens is 191 g/mol. The van der Waals surface area contributed by atoms with Crippen LogP contribution in [0.25, 0.3) is 5.73 Å². The molecule has 0 unspecified atom stereocenters. The maximum absolute atomic E-state index is 10.7. The van der Waals surface area contributed by atoms with Crippen molar-refractivity contribution >= 4 is 5.78 Å². The molecule has 0 aliphatic rings. The number of carbonyl (C=O) groups is 1. The standard InChI is InChI=1S/C7H16N2O.C2H6.K/c1-7(10)6-9(2,3)5-4-8;1-2;/h8H,4-6H2,1-3H3;1-2H3;/q;;+1. The molecule has 3 nitrogen and oxygen atoms in total. The summed E-state index contributed by atoms with van der Waals surface area (Å²) in [5.41, 5.74) is 6.98. The third-order valence-corrected chi connectivity index (χ3v) is 1.37. The minimum Gasteiger partial charge on any atom is -0.673 e. The van der Waals surface area contributed by atoms with Gasteiger partial charge in [0.25, 0.3) is 0 Å². The molecule has 0 saturated carbocycles. The van der Waals surface area contributed by atoms with Gasteiger partial charge in [0, 0.05) is 6.92 Å². The van der Waals surface area contributed by atoms with E-state index in [-0.39, 0.29) is 57.2 Å². The molecule has 0 aromatic heterocycles. The van der Waals surface area contributed by atoms with Gasteiger partial charge in [0.1, 0.15) is 6.54 Å². The summed E-state index contributed by atoms with van der Waals surface area (Å²) in [6, 6.07) is 0. The molecule has 0 bridgehead atoms. The van der Waals surface area contributed by atoms with E-state index in [9.17, 15) is 4.79 Å². The van der Waals surface area contributed by atoms with Gasteiger partial charge in [0.2, 0.25) is 0 Å². The molecule has 0 fully saturated rings. The van der Waals surface area contributed by atoms with Crippen molar-refractivity contribution < 1.29 is 60.7 Å². The summed E-state index contributed by atoms with van der Waals surface area (Å²) < 4.78 is 0.638. The predicted molar refractivity (Wildman–Crippen MR) is 53.1 cm³/mol. The number of ketones is 1. The quantitative estimate of drug-likeness (QED) is 0.424. The first-order chi connectivity index (χ1) is 5.48. The first-order valence-electron chi connectivity index (χ1n) is 4.44. The van der Waals surface area contributed by atoms with E-state index in [2.05, 4.69) is 0 Å². The molecule has 1 N–H and O–H groups in total. The van der Waals surface area contributed by atoms with Crippen molar-refractivity contribution in [1.82, 2.24) is 0 Å². The average molecular weight is 213 g/mol. The Morgan fingerprint density at radius 2 is 1.69 bits per heavy atom. The molecule has 0 saturated heterocycles. The first-order valence-corrected chi connectivity index (χ1v) is 4.44. The fourth-order valence-electron chi connectivity index (χ4n) is 0.984. The van der Waals surface area contributed by atoms with E-state index in [1.54, 1.807) is 6.92 Å². The van der Waals surface area contributed by atoms with Crippen molar-refractivity contribution in [2.75, 3.05) is 33.7 Å².